The highest BCUT2D eigenvalue weighted by Gasteiger charge is 2.75. The van der Waals surface area contributed by atoms with E-state index in [1.807, 2.05) is 31.2 Å². The Morgan fingerprint density at radius 3 is 2.53 bits per heavy atom. The molecule has 0 aromatic heterocycles. The van der Waals surface area contributed by atoms with Crippen molar-refractivity contribution in [3.8, 4) is 17.2 Å². The topological polar surface area (TPSA) is 77.4 Å². The van der Waals surface area contributed by atoms with Crippen LogP contribution in [0.1, 0.15) is 30.4 Å². The van der Waals surface area contributed by atoms with E-state index in [-0.39, 0.29) is 24.1 Å². The molecule has 5 rings (SSSR count). The average Bonchev–Trinajstić information content (AvgIpc) is 3.23. The molecule has 1 aliphatic heterocycles. The molecule has 2 N–H and O–H groups in total. The summed E-state index contributed by atoms with van der Waals surface area (Å²) < 4.78 is 37.6. The molecule has 2 aromatic rings. The van der Waals surface area contributed by atoms with Crippen molar-refractivity contribution in [1.82, 2.24) is 0 Å². The maximum atomic E-state index is 14.3. The zero-order chi connectivity index (χ0) is 24.3. The highest BCUT2D eigenvalue weighted by Crippen LogP contribution is 2.68. The fourth-order valence-electron chi connectivity index (χ4n) is 6.21. The molecule has 6 atom stereocenters. The maximum Gasteiger partial charge on any atom is 0.163 e. The molecule has 0 amide bonds. The molecular weight excluding hydrogens is 439 g/mol. The highest BCUT2D eigenvalue weighted by molar-refractivity contribution is 5.61. The van der Waals surface area contributed by atoms with Crippen LogP contribution < -0.4 is 14.2 Å². The molecule has 1 heterocycles. The van der Waals surface area contributed by atoms with E-state index in [2.05, 4.69) is 0 Å². The number of benzene rings is 2. The SMILES string of the molecule is COC1=CC(C)C(C23Oc4cc(OC)cc(OC)c4C2(O)C(O)CC3c2cccc(F)c2)C=C1. The molecule has 0 radical (unpaired) electrons. The third-order valence-electron chi connectivity index (χ3n) is 7.65. The van der Waals surface area contributed by atoms with Crippen molar-refractivity contribution in [1.29, 1.82) is 0 Å². The standard InChI is InChI=1S/C27H29FO6/c1-15-10-18(31-2)8-9-20(15)27-21(16-6-5-7-17(28)11-16)14-24(29)26(27,30)25-22(33-4)12-19(32-3)13-23(25)34-27/h5-13,15,20-21,24,29-30H,14H2,1-4H3. The van der Waals surface area contributed by atoms with Crippen molar-refractivity contribution in [3.63, 3.8) is 0 Å². The first kappa shape index (κ1) is 22.7. The molecule has 2 aliphatic carbocycles. The van der Waals surface area contributed by atoms with E-state index < -0.39 is 23.2 Å². The number of allylic oxidation sites excluding steroid dienone is 2. The Morgan fingerprint density at radius 2 is 1.88 bits per heavy atom. The lowest BCUT2D eigenvalue weighted by atomic mass is 9.63. The molecule has 34 heavy (non-hydrogen) atoms. The van der Waals surface area contributed by atoms with Crippen LogP contribution in [0.2, 0.25) is 0 Å². The summed E-state index contributed by atoms with van der Waals surface area (Å²) in [5.74, 6) is 0.556. The molecule has 6 unspecified atom stereocenters. The van der Waals surface area contributed by atoms with E-state index in [1.165, 1.54) is 26.4 Å². The summed E-state index contributed by atoms with van der Waals surface area (Å²) in [5.41, 5.74) is -2.13. The van der Waals surface area contributed by atoms with E-state index in [0.717, 1.165) is 0 Å². The molecule has 0 bridgehead atoms. The second-order valence-corrected chi connectivity index (χ2v) is 9.24. The van der Waals surface area contributed by atoms with Gasteiger partial charge in [-0.15, -0.1) is 0 Å². The molecule has 1 fully saturated rings. The minimum atomic E-state index is -1.82. The monoisotopic (exact) mass is 468 g/mol. The molecule has 2 aromatic carbocycles. The van der Waals surface area contributed by atoms with Gasteiger partial charge in [-0.2, -0.15) is 0 Å². The van der Waals surface area contributed by atoms with Crippen LogP contribution in [0.3, 0.4) is 0 Å². The van der Waals surface area contributed by atoms with Crippen LogP contribution in [0, 0.1) is 17.7 Å². The van der Waals surface area contributed by atoms with Crippen molar-refractivity contribution in [2.24, 2.45) is 11.8 Å². The van der Waals surface area contributed by atoms with Gasteiger partial charge in [-0.25, -0.2) is 4.39 Å². The number of ether oxygens (including phenoxy) is 4. The van der Waals surface area contributed by atoms with E-state index in [1.54, 1.807) is 25.3 Å². The summed E-state index contributed by atoms with van der Waals surface area (Å²) in [6.07, 6.45) is 4.77. The summed E-state index contributed by atoms with van der Waals surface area (Å²) in [5, 5.41) is 24.0. The lowest BCUT2D eigenvalue weighted by Crippen LogP contribution is -2.60. The molecule has 180 valence electrons. The van der Waals surface area contributed by atoms with Crippen molar-refractivity contribution in [3.05, 3.63) is 77.3 Å². The lowest BCUT2D eigenvalue weighted by Gasteiger charge is -2.47. The summed E-state index contributed by atoms with van der Waals surface area (Å²) in [6.45, 7) is 2.01. The van der Waals surface area contributed by atoms with Gasteiger partial charge in [0.15, 0.2) is 11.2 Å². The molecule has 6 nitrogen and oxygen atoms in total. The fourth-order valence-corrected chi connectivity index (χ4v) is 6.21. The van der Waals surface area contributed by atoms with Crippen LogP contribution in [-0.4, -0.2) is 43.2 Å². The first-order valence-corrected chi connectivity index (χ1v) is 11.4. The Morgan fingerprint density at radius 1 is 1.09 bits per heavy atom. The number of fused-ring (bicyclic) bond motifs is 3. The van der Waals surface area contributed by atoms with E-state index in [4.69, 9.17) is 18.9 Å². The summed E-state index contributed by atoms with van der Waals surface area (Å²) >= 11 is 0. The highest BCUT2D eigenvalue weighted by atomic mass is 19.1. The first-order valence-electron chi connectivity index (χ1n) is 11.4. The smallest absolute Gasteiger partial charge is 0.163 e. The minimum Gasteiger partial charge on any atom is -0.497 e. The number of hydrogen-bond donors (Lipinski definition) is 2. The van der Waals surface area contributed by atoms with Crippen LogP contribution >= 0.6 is 0 Å². The van der Waals surface area contributed by atoms with Gasteiger partial charge >= 0.3 is 0 Å². The van der Waals surface area contributed by atoms with Crippen molar-refractivity contribution in [2.45, 2.75) is 36.6 Å². The van der Waals surface area contributed by atoms with E-state index >= 15 is 0 Å². The zero-order valence-corrected chi connectivity index (χ0v) is 19.6. The number of halogens is 1. The maximum absolute atomic E-state index is 14.3. The third kappa shape index (κ3) is 2.93. The number of hydrogen-bond acceptors (Lipinski definition) is 6. The second kappa shape index (κ2) is 8.03. The minimum absolute atomic E-state index is 0.116. The Bertz CT molecular complexity index is 1180. The summed E-state index contributed by atoms with van der Waals surface area (Å²) in [6, 6.07) is 9.63. The molecule has 1 saturated carbocycles. The van der Waals surface area contributed by atoms with Gasteiger partial charge in [0, 0.05) is 24.0 Å². The van der Waals surface area contributed by atoms with Crippen molar-refractivity contribution in [2.75, 3.05) is 21.3 Å². The van der Waals surface area contributed by atoms with Crippen LogP contribution in [0.15, 0.2) is 60.4 Å². The van der Waals surface area contributed by atoms with Crippen LogP contribution in [0.25, 0.3) is 0 Å². The first-order chi connectivity index (χ1) is 16.3. The zero-order valence-electron chi connectivity index (χ0n) is 19.6. The van der Waals surface area contributed by atoms with Gasteiger partial charge in [-0.1, -0.05) is 25.1 Å². The van der Waals surface area contributed by atoms with Gasteiger partial charge in [0.2, 0.25) is 0 Å². The van der Waals surface area contributed by atoms with Gasteiger partial charge in [-0.05, 0) is 42.2 Å². The average molecular weight is 469 g/mol. The summed E-state index contributed by atoms with van der Waals surface area (Å²) in [7, 11) is 4.64. The normalized spacial score (nSPS) is 33.6. The van der Waals surface area contributed by atoms with Gasteiger partial charge in [0.05, 0.1) is 33.0 Å². The Kier molecular flexibility index (Phi) is 5.37. The molecule has 0 saturated heterocycles. The molecule has 0 spiro atoms. The molecule has 3 aliphatic rings. The molecular formula is C27H29FO6. The van der Waals surface area contributed by atoms with Crippen LogP contribution in [0.4, 0.5) is 4.39 Å². The van der Waals surface area contributed by atoms with E-state index in [0.29, 0.717) is 34.1 Å². The Hall–Kier alpha value is -3.03. The predicted molar refractivity (Wildman–Crippen MR) is 123 cm³/mol. The third-order valence-corrected chi connectivity index (χ3v) is 7.65. The predicted octanol–water partition coefficient (Wildman–Crippen LogP) is 4.06. The van der Waals surface area contributed by atoms with Crippen LogP contribution in [-0.2, 0) is 10.3 Å². The fraction of sp³-hybridized carbons (Fsp3) is 0.407. The molecule has 7 heteroatoms. The van der Waals surface area contributed by atoms with Gasteiger partial charge in [0.1, 0.15) is 28.8 Å². The van der Waals surface area contributed by atoms with Crippen molar-refractivity contribution >= 4 is 0 Å². The number of rotatable bonds is 5. The van der Waals surface area contributed by atoms with Gasteiger partial charge in [0.25, 0.3) is 0 Å². The Balaban J connectivity index is 1.78. The van der Waals surface area contributed by atoms with Gasteiger partial charge in [-0.3, -0.25) is 0 Å². The van der Waals surface area contributed by atoms with Gasteiger partial charge < -0.3 is 29.2 Å². The quantitative estimate of drug-likeness (QED) is 0.689. The number of methoxy groups -OCH3 is 3. The second-order valence-electron chi connectivity index (χ2n) is 9.24. The van der Waals surface area contributed by atoms with Crippen LogP contribution in [0.5, 0.6) is 17.2 Å². The number of aliphatic hydroxyl groups is 2. The van der Waals surface area contributed by atoms with Crippen molar-refractivity contribution < 1.29 is 33.6 Å². The number of aliphatic hydroxyl groups excluding tert-OH is 1. The lowest BCUT2D eigenvalue weighted by molar-refractivity contribution is -0.166. The Labute approximate surface area is 198 Å². The summed E-state index contributed by atoms with van der Waals surface area (Å²) in [4.78, 5) is 0. The van der Waals surface area contributed by atoms with E-state index in [9.17, 15) is 14.6 Å². The largest absolute Gasteiger partial charge is 0.497 e.